The highest BCUT2D eigenvalue weighted by molar-refractivity contribution is 5.95. The fourth-order valence-corrected chi connectivity index (χ4v) is 6.65. The van der Waals surface area contributed by atoms with Gasteiger partial charge in [-0.3, -0.25) is 19.4 Å². The highest BCUT2D eigenvalue weighted by Gasteiger charge is 2.39. The first-order valence-corrected chi connectivity index (χ1v) is 15.3. The predicted octanol–water partition coefficient (Wildman–Crippen LogP) is 5.71. The van der Waals surface area contributed by atoms with E-state index in [-0.39, 0.29) is 11.3 Å². The summed E-state index contributed by atoms with van der Waals surface area (Å²) in [5, 5.41) is 4.76. The van der Waals surface area contributed by atoms with Crippen LogP contribution in [0.4, 0.5) is 0 Å². The second-order valence-corrected chi connectivity index (χ2v) is 12.1. The zero-order valence-corrected chi connectivity index (χ0v) is 23.9. The number of aromatic nitrogens is 3. The van der Waals surface area contributed by atoms with Crippen LogP contribution in [0.1, 0.15) is 85.0 Å². The topological polar surface area (TPSA) is 63.5 Å². The van der Waals surface area contributed by atoms with E-state index in [4.69, 9.17) is 9.84 Å². The summed E-state index contributed by atoms with van der Waals surface area (Å²) in [6.45, 7) is 7.96. The quantitative estimate of drug-likeness (QED) is 0.414. The summed E-state index contributed by atoms with van der Waals surface area (Å²) in [6.07, 6.45) is 14.8. The van der Waals surface area contributed by atoms with E-state index in [0.717, 1.165) is 94.8 Å². The number of hydrogen-bond donors (Lipinski definition) is 0. The molecule has 40 heavy (non-hydrogen) atoms. The number of likely N-dealkylation sites (tertiary alicyclic amines) is 1. The second-order valence-electron chi connectivity index (χ2n) is 12.1. The first-order valence-electron chi connectivity index (χ1n) is 15.3. The Balaban J connectivity index is 1.19. The number of carbonyl (C=O) groups is 1. The molecule has 7 nitrogen and oxygen atoms in total. The van der Waals surface area contributed by atoms with Gasteiger partial charge in [0.1, 0.15) is 12.4 Å². The van der Waals surface area contributed by atoms with Crippen molar-refractivity contribution in [3.8, 4) is 5.75 Å². The van der Waals surface area contributed by atoms with Crippen molar-refractivity contribution >= 4 is 5.91 Å². The van der Waals surface area contributed by atoms with E-state index in [1.54, 1.807) is 0 Å². The number of hydrogen-bond acceptors (Lipinski definition) is 5. The number of carbonyl (C=O) groups excluding carboxylic acids is 1. The number of benzene rings is 1. The lowest BCUT2D eigenvalue weighted by Crippen LogP contribution is -2.48. The van der Waals surface area contributed by atoms with Crippen molar-refractivity contribution in [2.45, 2.75) is 77.3 Å². The van der Waals surface area contributed by atoms with Crippen LogP contribution in [-0.2, 0) is 19.5 Å². The third kappa shape index (κ3) is 6.25. The van der Waals surface area contributed by atoms with Gasteiger partial charge in [0, 0.05) is 63.8 Å². The molecule has 0 radical (unpaired) electrons. The molecule has 1 saturated heterocycles. The van der Waals surface area contributed by atoms with E-state index < -0.39 is 0 Å². The molecule has 0 N–H and O–H groups in total. The average molecular weight is 542 g/mol. The smallest absolute Gasteiger partial charge is 0.257 e. The Kier molecular flexibility index (Phi) is 8.19. The number of ether oxygens (including phenoxy) is 1. The van der Waals surface area contributed by atoms with Gasteiger partial charge in [-0.25, -0.2) is 0 Å². The summed E-state index contributed by atoms with van der Waals surface area (Å²) in [4.78, 5) is 22.8. The summed E-state index contributed by atoms with van der Waals surface area (Å²) in [5.74, 6) is 1.69. The van der Waals surface area contributed by atoms with E-state index in [0.29, 0.717) is 12.5 Å². The fraction of sp³-hybridized carbons (Fsp3) is 0.545. The zero-order valence-electron chi connectivity index (χ0n) is 23.9. The third-order valence-electron chi connectivity index (χ3n) is 9.15. The Morgan fingerprint density at radius 2 is 1.90 bits per heavy atom. The molecule has 1 aliphatic carbocycles. The van der Waals surface area contributed by atoms with Crippen molar-refractivity contribution in [1.29, 1.82) is 0 Å². The molecular weight excluding hydrogens is 498 g/mol. The molecule has 4 heterocycles. The number of pyridine rings is 1. The van der Waals surface area contributed by atoms with Crippen LogP contribution in [0.25, 0.3) is 0 Å². The van der Waals surface area contributed by atoms with Crippen molar-refractivity contribution in [2.75, 3.05) is 32.8 Å². The first-order chi connectivity index (χ1) is 19.6. The summed E-state index contributed by atoms with van der Waals surface area (Å²) < 4.78 is 8.27. The van der Waals surface area contributed by atoms with Crippen LogP contribution in [0.2, 0.25) is 0 Å². The number of amides is 1. The van der Waals surface area contributed by atoms with E-state index >= 15 is 0 Å². The van der Waals surface area contributed by atoms with Crippen LogP contribution in [0, 0.1) is 5.41 Å². The van der Waals surface area contributed by atoms with E-state index in [1.807, 2.05) is 29.3 Å². The second kappa shape index (κ2) is 12.1. The Hall–Kier alpha value is -3.19. The lowest BCUT2D eigenvalue weighted by atomic mass is 9.73. The lowest BCUT2D eigenvalue weighted by Gasteiger charge is -2.45. The van der Waals surface area contributed by atoms with Crippen molar-refractivity contribution in [3.05, 3.63) is 77.4 Å². The molecule has 1 amide bonds. The number of para-hydroxylation sites is 1. The van der Waals surface area contributed by atoms with Gasteiger partial charge < -0.3 is 9.64 Å². The average Bonchev–Trinajstić information content (AvgIpc) is 3.74. The van der Waals surface area contributed by atoms with Gasteiger partial charge in [0.25, 0.3) is 5.91 Å². The largest absolute Gasteiger partial charge is 0.492 e. The molecule has 1 saturated carbocycles. The molecule has 3 aromatic rings. The van der Waals surface area contributed by atoms with E-state index in [2.05, 4.69) is 52.0 Å². The number of nitrogens with zero attached hydrogens (tertiary/aromatic N) is 5. The molecule has 2 aromatic heterocycles. The maximum atomic E-state index is 13.7. The number of piperidine rings is 1. The molecule has 212 valence electrons. The molecule has 1 aromatic carbocycles. The minimum Gasteiger partial charge on any atom is -0.492 e. The Bertz CT molecular complexity index is 1280. The lowest BCUT2D eigenvalue weighted by molar-refractivity contribution is 0.0360. The number of aryl methyl sites for hydroxylation is 2. The van der Waals surface area contributed by atoms with E-state index in [1.165, 1.54) is 24.0 Å². The SMILES string of the molecule is CCn1cc(C(=O)N2CCC3(CCCCc4ccccc4OCCN(Cc4cccnc4)C3)CC2)c(C2CC2)n1. The zero-order chi connectivity index (χ0) is 27.4. The molecule has 0 bridgehead atoms. The monoisotopic (exact) mass is 541 g/mol. The Morgan fingerprint density at radius 3 is 2.67 bits per heavy atom. The molecular formula is C33H43N5O2. The molecule has 6 rings (SSSR count). The molecule has 0 atom stereocenters. The molecule has 2 aliphatic heterocycles. The van der Waals surface area contributed by atoms with Gasteiger partial charge in [0.2, 0.25) is 0 Å². The molecule has 1 spiro atoms. The van der Waals surface area contributed by atoms with Crippen molar-refractivity contribution in [2.24, 2.45) is 5.41 Å². The van der Waals surface area contributed by atoms with Gasteiger partial charge in [-0.1, -0.05) is 30.7 Å². The van der Waals surface area contributed by atoms with Gasteiger partial charge in [0.15, 0.2) is 0 Å². The Morgan fingerprint density at radius 1 is 1.05 bits per heavy atom. The minimum atomic E-state index is 0.182. The highest BCUT2D eigenvalue weighted by Crippen LogP contribution is 2.42. The van der Waals surface area contributed by atoms with Gasteiger partial charge >= 0.3 is 0 Å². The van der Waals surface area contributed by atoms with Crippen LogP contribution in [0.15, 0.2) is 55.0 Å². The van der Waals surface area contributed by atoms with Crippen LogP contribution >= 0.6 is 0 Å². The first kappa shape index (κ1) is 27.0. The molecule has 0 unspecified atom stereocenters. The fourth-order valence-electron chi connectivity index (χ4n) is 6.65. The van der Waals surface area contributed by atoms with Crippen molar-refractivity contribution in [1.82, 2.24) is 24.6 Å². The summed E-state index contributed by atoms with van der Waals surface area (Å²) in [7, 11) is 0. The molecule has 3 aliphatic rings. The maximum absolute atomic E-state index is 13.7. The van der Waals surface area contributed by atoms with Gasteiger partial charge in [-0.2, -0.15) is 5.10 Å². The normalized spacial score (nSPS) is 20.3. The van der Waals surface area contributed by atoms with Gasteiger partial charge in [-0.15, -0.1) is 0 Å². The molecule has 7 heteroatoms. The highest BCUT2D eigenvalue weighted by atomic mass is 16.5. The van der Waals surface area contributed by atoms with E-state index in [9.17, 15) is 4.79 Å². The van der Waals surface area contributed by atoms with Crippen LogP contribution < -0.4 is 4.74 Å². The van der Waals surface area contributed by atoms with Crippen LogP contribution in [0.3, 0.4) is 0 Å². The van der Waals surface area contributed by atoms with Crippen LogP contribution in [-0.4, -0.2) is 63.3 Å². The minimum absolute atomic E-state index is 0.182. The Labute approximate surface area is 238 Å². The summed E-state index contributed by atoms with van der Waals surface area (Å²) in [6, 6.07) is 12.7. The van der Waals surface area contributed by atoms with Crippen molar-refractivity contribution in [3.63, 3.8) is 0 Å². The van der Waals surface area contributed by atoms with Crippen LogP contribution in [0.5, 0.6) is 5.75 Å². The number of fused-ring (bicyclic) bond motifs is 1. The summed E-state index contributed by atoms with van der Waals surface area (Å²) in [5.41, 5.74) is 4.62. The predicted molar refractivity (Wildman–Crippen MR) is 156 cm³/mol. The van der Waals surface area contributed by atoms with Gasteiger partial charge in [0.05, 0.1) is 11.3 Å². The standard InChI is InChI=1S/C33H43N5O2/c1-2-38-24-29(31(35-38)28-12-13-28)32(39)37-18-15-33(16-19-37)14-6-5-10-27-9-3-4-11-30(27)40-21-20-36(25-33)23-26-8-7-17-34-22-26/h3-4,7-9,11,17,22,24,28H,2,5-6,10,12-16,18-21,23,25H2,1H3. The number of rotatable bonds is 5. The van der Waals surface area contributed by atoms with Gasteiger partial charge in [-0.05, 0) is 80.5 Å². The molecule has 2 fully saturated rings. The summed E-state index contributed by atoms with van der Waals surface area (Å²) >= 11 is 0. The third-order valence-corrected chi connectivity index (χ3v) is 9.15. The maximum Gasteiger partial charge on any atom is 0.257 e. The van der Waals surface area contributed by atoms with Crippen molar-refractivity contribution < 1.29 is 9.53 Å².